The summed E-state index contributed by atoms with van der Waals surface area (Å²) in [6.07, 6.45) is 19.8. The van der Waals surface area contributed by atoms with Crippen molar-refractivity contribution in [2.45, 2.75) is 208 Å². The highest BCUT2D eigenvalue weighted by Crippen LogP contribution is 2.78. The lowest BCUT2D eigenvalue weighted by Crippen LogP contribution is -2.66. The molecule has 9 saturated carbocycles. The molecule has 0 atom stereocenters. The summed E-state index contributed by atoms with van der Waals surface area (Å²) in [6, 6.07) is 0. The third-order valence-electron chi connectivity index (χ3n) is 15.4. The first kappa shape index (κ1) is 41.0. The number of rotatable bonds is 6. The molecule has 258 valence electrons. The summed E-state index contributed by atoms with van der Waals surface area (Å²) in [5.41, 5.74) is 4.68. The molecule has 0 saturated heterocycles. The van der Waals surface area contributed by atoms with E-state index >= 15 is 0 Å². The molecule has 0 aliphatic heterocycles. The van der Waals surface area contributed by atoms with Crippen LogP contribution in [0.1, 0.15) is 208 Å². The molecule has 0 unspecified atom stereocenters. The molecule has 0 heteroatoms. The van der Waals surface area contributed by atoms with Crippen LogP contribution in [0.3, 0.4) is 0 Å². The monoisotopic (exact) mass is 603 g/mol. The second-order valence-electron chi connectivity index (χ2n) is 18.0. The summed E-state index contributed by atoms with van der Waals surface area (Å²) in [4.78, 5) is 0. The Labute approximate surface area is 275 Å². The van der Waals surface area contributed by atoms with Gasteiger partial charge in [0.2, 0.25) is 0 Å². The molecule has 43 heavy (non-hydrogen) atoms. The molecule has 0 nitrogen and oxygen atoms in total. The smallest absolute Gasteiger partial charge is 0.0258 e. The van der Waals surface area contributed by atoms with E-state index in [2.05, 4.69) is 83.1 Å². The number of hydrogen-bond acceptors (Lipinski definition) is 0. The van der Waals surface area contributed by atoms with E-state index in [1.807, 2.05) is 41.5 Å². The zero-order valence-electron chi connectivity index (χ0n) is 33.7. The first-order valence-electron chi connectivity index (χ1n) is 20.0. The number of hydrogen-bond donors (Lipinski definition) is 0. The maximum Gasteiger partial charge on any atom is -0.0258 e. The fraction of sp³-hybridized carbons (Fsp3) is 1.00. The standard InChI is InChI=1S/C14H26.C12H22.C11H20.3C2H6/c1-11(2)13-5-8-14(9-6-13,10-7-13)12(3)4;1-9(2)11-5-6-12(7-11,8-11)10(3)4;1-8(2)10-5-11(6-10,7-10)9(3)4;3*1-2/h11-12H,5-10H2,1-4H3;9-10H,5-8H2,1-4H3;8-9H,5-7H2,1-4H3;3*1-2H3. The van der Waals surface area contributed by atoms with Gasteiger partial charge in [0, 0.05) is 0 Å². The highest BCUT2D eigenvalue weighted by atomic mass is 14.7. The van der Waals surface area contributed by atoms with Gasteiger partial charge >= 0.3 is 0 Å². The van der Waals surface area contributed by atoms with Crippen LogP contribution in [0.4, 0.5) is 0 Å². The summed E-state index contributed by atoms with van der Waals surface area (Å²) >= 11 is 0. The van der Waals surface area contributed by atoms with Crippen molar-refractivity contribution in [1.29, 1.82) is 0 Å². The van der Waals surface area contributed by atoms with Crippen molar-refractivity contribution >= 4 is 0 Å². The third-order valence-corrected chi connectivity index (χ3v) is 15.4. The number of fused-ring (bicyclic) bond motifs is 4. The van der Waals surface area contributed by atoms with Crippen LogP contribution in [0, 0.1) is 68.0 Å². The summed E-state index contributed by atoms with van der Waals surface area (Å²) < 4.78 is 0. The highest BCUT2D eigenvalue weighted by molar-refractivity contribution is 5.18. The van der Waals surface area contributed by atoms with Crippen molar-refractivity contribution in [3.05, 3.63) is 0 Å². The van der Waals surface area contributed by atoms with Crippen LogP contribution >= 0.6 is 0 Å². The molecule has 0 amide bonds. The molecule has 9 fully saturated rings. The molecular weight excluding hydrogens is 516 g/mol. The van der Waals surface area contributed by atoms with Crippen LogP contribution in [-0.2, 0) is 0 Å². The van der Waals surface area contributed by atoms with E-state index in [4.69, 9.17) is 0 Å². The Bertz CT molecular complexity index is 677. The Kier molecular flexibility index (Phi) is 15.0. The van der Waals surface area contributed by atoms with Gasteiger partial charge in [-0.3, -0.25) is 0 Å². The second kappa shape index (κ2) is 15.7. The summed E-state index contributed by atoms with van der Waals surface area (Å²) in [5, 5.41) is 0. The minimum absolute atomic E-state index is 0.747. The average molecular weight is 603 g/mol. The maximum atomic E-state index is 2.44. The van der Waals surface area contributed by atoms with Gasteiger partial charge in [0.25, 0.3) is 0 Å². The van der Waals surface area contributed by atoms with Crippen LogP contribution in [-0.4, -0.2) is 0 Å². The van der Waals surface area contributed by atoms with Crippen LogP contribution in [0.25, 0.3) is 0 Å². The van der Waals surface area contributed by atoms with Gasteiger partial charge in [0.05, 0.1) is 0 Å². The molecule has 0 N–H and O–H groups in total. The van der Waals surface area contributed by atoms with Gasteiger partial charge in [-0.05, 0) is 151 Å². The first-order valence-corrected chi connectivity index (χ1v) is 20.0. The van der Waals surface area contributed by atoms with Crippen molar-refractivity contribution in [1.82, 2.24) is 0 Å². The Morgan fingerprint density at radius 3 is 0.512 bits per heavy atom. The van der Waals surface area contributed by atoms with Crippen molar-refractivity contribution in [3.63, 3.8) is 0 Å². The van der Waals surface area contributed by atoms with Gasteiger partial charge in [-0.1, -0.05) is 125 Å². The zero-order valence-corrected chi connectivity index (χ0v) is 33.7. The van der Waals surface area contributed by atoms with E-state index in [1.165, 1.54) is 83.5 Å². The van der Waals surface area contributed by atoms with Crippen molar-refractivity contribution < 1.29 is 0 Å². The lowest BCUT2D eigenvalue weighted by atomic mass is 9.30. The Morgan fingerprint density at radius 1 is 0.233 bits per heavy atom. The molecule has 9 aliphatic carbocycles. The van der Waals surface area contributed by atoms with Gasteiger partial charge in [0.1, 0.15) is 0 Å². The first-order chi connectivity index (χ1) is 20.0. The third kappa shape index (κ3) is 7.61. The van der Waals surface area contributed by atoms with Gasteiger partial charge in [-0.2, -0.15) is 0 Å². The topological polar surface area (TPSA) is 0 Å². The fourth-order valence-corrected chi connectivity index (χ4v) is 10.7. The molecule has 0 radical (unpaired) electrons. The fourth-order valence-electron chi connectivity index (χ4n) is 10.7. The van der Waals surface area contributed by atoms with E-state index in [1.54, 1.807) is 0 Å². The molecular formula is C43H86. The van der Waals surface area contributed by atoms with Crippen molar-refractivity contribution in [2.75, 3.05) is 0 Å². The van der Waals surface area contributed by atoms with Crippen molar-refractivity contribution in [2.24, 2.45) is 68.0 Å². The molecule has 0 spiro atoms. The summed E-state index contributed by atoms with van der Waals surface area (Å²) in [6.45, 7) is 41.0. The Morgan fingerprint density at radius 2 is 0.372 bits per heavy atom. The summed E-state index contributed by atoms with van der Waals surface area (Å²) in [5.74, 6) is 5.53. The predicted molar refractivity (Wildman–Crippen MR) is 198 cm³/mol. The highest BCUT2D eigenvalue weighted by Gasteiger charge is 2.69. The molecule has 0 aromatic heterocycles. The van der Waals surface area contributed by atoms with Crippen LogP contribution in [0.2, 0.25) is 0 Å². The predicted octanol–water partition coefficient (Wildman–Crippen LogP) is 15.0. The average Bonchev–Trinajstić information content (AvgIpc) is 3.51. The van der Waals surface area contributed by atoms with Gasteiger partial charge in [0.15, 0.2) is 0 Å². The molecule has 9 rings (SSSR count). The zero-order chi connectivity index (χ0) is 33.7. The Hall–Kier alpha value is 0. The van der Waals surface area contributed by atoms with Crippen LogP contribution in [0.5, 0.6) is 0 Å². The molecule has 9 aliphatic rings. The summed E-state index contributed by atoms with van der Waals surface area (Å²) in [7, 11) is 0. The van der Waals surface area contributed by atoms with Gasteiger partial charge in [-0.25, -0.2) is 0 Å². The maximum absolute atomic E-state index is 2.44. The van der Waals surface area contributed by atoms with Gasteiger partial charge < -0.3 is 0 Å². The van der Waals surface area contributed by atoms with Crippen molar-refractivity contribution in [3.8, 4) is 0 Å². The van der Waals surface area contributed by atoms with Crippen LogP contribution < -0.4 is 0 Å². The van der Waals surface area contributed by atoms with E-state index < -0.39 is 0 Å². The Balaban J connectivity index is 0.000000298. The minimum atomic E-state index is 0.747. The second-order valence-corrected chi connectivity index (χ2v) is 18.0. The molecule has 0 heterocycles. The van der Waals surface area contributed by atoms with E-state index in [0.29, 0.717) is 0 Å². The normalized spacial score (nSPS) is 39.1. The minimum Gasteiger partial charge on any atom is -0.0683 e. The molecule has 6 bridgehead atoms. The van der Waals surface area contributed by atoms with Crippen LogP contribution in [0.15, 0.2) is 0 Å². The van der Waals surface area contributed by atoms with E-state index in [-0.39, 0.29) is 0 Å². The lowest BCUT2D eigenvalue weighted by Gasteiger charge is -2.75. The van der Waals surface area contributed by atoms with Gasteiger partial charge in [-0.15, -0.1) is 0 Å². The van der Waals surface area contributed by atoms with E-state index in [0.717, 1.165) is 68.0 Å². The lowest BCUT2D eigenvalue weighted by molar-refractivity contribution is -0.252. The van der Waals surface area contributed by atoms with E-state index in [9.17, 15) is 0 Å². The quantitative estimate of drug-likeness (QED) is 0.284. The SMILES string of the molecule is CC.CC.CC.CC(C)C12CC(C(C)C)(C1)C2.CC(C)C12CCC(C(C)C)(C1)C2.CC(C)C12CCC(C(C)C)(CC1)CC2. The largest absolute Gasteiger partial charge is 0.0683 e. The molecule has 0 aromatic rings. The molecule has 0 aromatic carbocycles.